The van der Waals surface area contributed by atoms with Gasteiger partial charge in [0, 0.05) is 19.7 Å². The fourth-order valence-corrected chi connectivity index (χ4v) is 2.03. The predicted molar refractivity (Wildman–Crippen MR) is 99.5 cm³/mol. The number of amides is 2. The van der Waals surface area contributed by atoms with Gasteiger partial charge in [-0.25, -0.2) is 9.80 Å². The highest BCUT2D eigenvalue weighted by Crippen LogP contribution is 2.18. The summed E-state index contributed by atoms with van der Waals surface area (Å²) in [6.07, 6.45) is -1.55. The lowest BCUT2D eigenvalue weighted by molar-refractivity contribution is -0.262. The third kappa shape index (κ3) is 6.80. The number of likely N-dealkylation sites (N-methyl/N-ethyl adjacent to an activating group) is 2. The smallest absolute Gasteiger partial charge is 0.410 e. The Morgan fingerprint density at radius 3 is 2.15 bits per heavy atom. The average molecular weight is 378 g/mol. The standard InChI is InChI=1S/C19H29N3O5/c1-18(2,3)27-16(24)20-22(7)15(23)19(4,5)21(6)17(25)26-13-14-11-9-8-10-12-14/h8-12H,13H2,1-7H3,(H,20,24)/p-1. The van der Waals surface area contributed by atoms with E-state index in [-0.39, 0.29) is 6.61 Å². The van der Waals surface area contributed by atoms with Gasteiger partial charge < -0.3 is 14.6 Å². The Morgan fingerprint density at radius 1 is 1.07 bits per heavy atom. The van der Waals surface area contributed by atoms with Crippen LogP contribution in [0, 0.1) is 0 Å². The maximum absolute atomic E-state index is 12.7. The molecule has 8 heteroatoms. The summed E-state index contributed by atoms with van der Waals surface area (Å²) in [6.45, 7) is 8.26. The van der Waals surface area contributed by atoms with Gasteiger partial charge in [0.05, 0.1) is 0 Å². The fourth-order valence-electron chi connectivity index (χ4n) is 2.03. The molecule has 0 spiro atoms. The molecule has 0 aliphatic rings. The Morgan fingerprint density at radius 2 is 1.63 bits per heavy atom. The minimum absolute atomic E-state index is 0.0897. The monoisotopic (exact) mass is 378 g/mol. The van der Waals surface area contributed by atoms with Crippen LogP contribution in [0.15, 0.2) is 35.4 Å². The highest BCUT2D eigenvalue weighted by molar-refractivity contribution is 5.89. The number of hydrogen-bond donors (Lipinski definition) is 0. The Hall–Kier alpha value is -2.77. The number of carbonyl (C=O) groups excluding carboxylic acids is 2. The molecule has 0 bridgehead atoms. The second-order valence-electron chi connectivity index (χ2n) is 7.57. The zero-order chi connectivity index (χ0) is 20.8. The molecule has 0 aliphatic carbocycles. The van der Waals surface area contributed by atoms with Crippen LogP contribution >= 0.6 is 0 Å². The summed E-state index contributed by atoms with van der Waals surface area (Å²) < 4.78 is 10.3. The van der Waals surface area contributed by atoms with Crippen LogP contribution in [0.25, 0.3) is 0 Å². The van der Waals surface area contributed by atoms with E-state index < -0.39 is 29.2 Å². The zero-order valence-corrected chi connectivity index (χ0v) is 17.0. The number of hydrogen-bond acceptors (Lipinski definition) is 6. The summed E-state index contributed by atoms with van der Waals surface area (Å²) in [5, 5.41) is 16.3. The molecule has 0 aromatic heterocycles. The van der Waals surface area contributed by atoms with Gasteiger partial charge in [0.2, 0.25) is 0 Å². The summed E-state index contributed by atoms with van der Waals surface area (Å²) in [5.41, 5.74) is -1.17. The maximum atomic E-state index is 12.7. The first kappa shape index (κ1) is 22.3. The molecule has 0 N–H and O–H groups in total. The third-order valence-corrected chi connectivity index (χ3v) is 3.76. The van der Waals surface area contributed by atoms with Gasteiger partial charge in [0.1, 0.15) is 12.1 Å². The molecule has 0 aliphatic heterocycles. The summed E-state index contributed by atoms with van der Waals surface area (Å²) in [6, 6.07) is 9.21. The summed E-state index contributed by atoms with van der Waals surface area (Å²) in [5.74, 6) is -0.562. The van der Waals surface area contributed by atoms with Crippen LogP contribution < -0.4 is 5.11 Å². The van der Waals surface area contributed by atoms with Crippen molar-refractivity contribution < 1.29 is 24.2 Å². The molecule has 0 saturated heterocycles. The van der Waals surface area contributed by atoms with Crippen LogP contribution in [0.2, 0.25) is 0 Å². The molecule has 8 nitrogen and oxygen atoms in total. The van der Waals surface area contributed by atoms with Crippen LogP contribution in [-0.2, 0) is 20.9 Å². The van der Waals surface area contributed by atoms with Gasteiger partial charge in [-0.2, -0.15) is 5.10 Å². The molecule has 1 rings (SSSR count). The van der Waals surface area contributed by atoms with Crippen LogP contribution in [0.1, 0.15) is 40.2 Å². The Bertz CT molecular complexity index is 680. The molecule has 0 saturated carbocycles. The number of ether oxygens (including phenoxy) is 2. The second kappa shape index (κ2) is 8.75. The average Bonchev–Trinajstić information content (AvgIpc) is 2.57. The molecule has 0 heterocycles. The van der Waals surface area contributed by atoms with Crippen molar-refractivity contribution in [3.05, 3.63) is 35.9 Å². The lowest BCUT2D eigenvalue weighted by Crippen LogP contribution is -2.55. The van der Waals surface area contributed by atoms with Crippen molar-refractivity contribution in [3.8, 4) is 0 Å². The van der Waals surface area contributed by atoms with Crippen molar-refractivity contribution in [2.45, 2.75) is 52.4 Å². The molecule has 27 heavy (non-hydrogen) atoms. The highest BCUT2D eigenvalue weighted by Gasteiger charge is 2.38. The van der Waals surface area contributed by atoms with Crippen molar-refractivity contribution in [2.75, 3.05) is 14.1 Å². The number of hydrazone groups is 1. The molecule has 1 aromatic carbocycles. The first-order chi connectivity index (χ1) is 12.3. The van der Waals surface area contributed by atoms with Gasteiger partial charge in [-0.3, -0.25) is 9.69 Å². The minimum atomic E-state index is -1.28. The molecule has 0 fully saturated rings. The quantitative estimate of drug-likeness (QED) is 0.443. The molecule has 0 radical (unpaired) electrons. The predicted octanol–water partition coefficient (Wildman–Crippen LogP) is 1.94. The SMILES string of the molecule is CN(/N=C(\[O-])OC(C)(C)C)C(=O)C(C)(C)N(C)C(=O)OCc1ccccc1. The van der Waals surface area contributed by atoms with E-state index in [2.05, 4.69) is 5.10 Å². The number of carbonyl (C=O) groups is 2. The van der Waals surface area contributed by atoms with E-state index in [4.69, 9.17) is 9.47 Å². The van der Waals surface area contributed by atoms with E-state index in [9.17, 15) is 14.7 Å². The molecule has 2 amide bonds. The molecular weight excluding hydrogens is 350 g/mol. The van der Waals surface area contributed by atoms with Crippen molar-refractivity contribution >= 4 is 18.1 Å². The van der Waals surface area contributed by atoms with Crippen molar-refractivity contribution in [2.24, 2.45) is 5.10 Å². The Labute approximate surface area is 160 Å². The van der Waals surface area contributed by atoms with E-state index in [0.29, 0.717) is 0 Å². The lowest BCUT2D eigenvalue weighted by atomic mass is 10.0. The minimum Gasteiger partial charge on any atom is -0.593 e. The van der Waals surface area contributed by atoms with Crippen molar-refractivity contribution in [1.29, 1.82) is 0 Å². The van der Waals surface area contributed by atoms with Crippen LogP contribution in [0.4, 0.5) is 4.79 Å². The Kier molecular flexibility index (Phi) is 7.21. The first-order valence-corrected chi connectivity index (χ1v) is 8.52. The molecular formula is C19H28N3O5-. The molecule has 150 valence electrons. The lowest BCUT2D eigenvalue weighted by Gasteiger charge is -2.35. The van der Waals surface area contributed by atoms with Crippen molar-refractivity contribution in [3.63, 3.8) is 0 Å². The largest absolute Gasteiger partial charge is 0.593 e. The van der Waals surface area contributed by atoms with Gasteiger partial charge >= 0.3 is 6.09 Å². The van der Waals surface area contributed by atoms with E-state index in [0.717, 1.165) is 10.6 Å². The molecule has 0 unspecified atom stereocenters. The summed E-state index contributed by atoms with van der Waals surface area (Å²) in [7, 11) is 2.78. The molecule has 0 atom stereocenters. The number of nitrogens with zero attached hydrogens (tertiary/aromatic N) is 3. The van der Waals surface area contributed by atoms with E-state index >= 15 is 0 Å². The third-order valence-electron chi connectivity index (χ3n) is 3.76. The normalized spacial score (nSPS) is 12.3. The maximum Gasteiger partial charge on any atom is 0.410 e. The van der Waals surface area contributed by atoms with Crippen LogP contribution in [0.3, 0.4) is 0 Å². The second-order valence-corrected chi connectivity index (χ2v) is 7.57. The molecule has 1 aromatic rings. The number of rotatable bonds is 5. The van der Waals surface area contributed by atoms with Crippen LogP contribution in [-0.4, -0.2) is 53.2 Å². The highest BCUT2D eigenvalue weighted by atomic mass is 16.6. The Balaban J connectivity index is 2.76. The van der Waals surface area contributed by atoms with Gasteiger partial charge in [0.25, 0.3) is 5.91 Å². The van der Waals surface area contributed by atoms with Gasteiger partial charge in [-0.05, 0) is 19.4 Å². The van der Waals surface area contributed by atoms with E-state index in [1.54, 1.807) is 34.6 Å². The topological polar surface area (TPSA) is 94.5 Å². The first-order valence-electron chi connectivity index (χ1n) is 8.52. The summed E-state index contributed by atoms with van der Waals surface area (Å²) in [4.78, 5) is 26.1. The zero-order valence-electron chi connectivity index (χ0n) is 17.0. The van der Waals surface area contributed by atoms with E-state index in [1.165, 1.54) is 19.0 Å². The summed E-state index contributed by atoms with van der Waals surface area (Å²) >= 11 is 0. The fraction of sp³-hybridized carbons (Fsp3) is 0.526. The van der Waals surface area contributed by atoms with Gasteiger partial charge in [-0.15, -0.1) is 0 Å². The van der Waals surface area contributed by atoms with Gasteiger partial charge in [0.15, 0.2) is 6.08 Å². The van der Waals surface area contributed by atoms with Gasteiger partial charge in [-0.1, -0.05) is 51.1 Å². The van der Waals surface area contributed by atoms with Crippen LogP contribution in [0.5, 0.6) is 0 Å². The van der Waals surface area contributed by atoms with Crippen molar-refractivity contribution in [1.82, 2.24) is 9.91 Å². The van der Waals surface area contributed by atoms with E-state index in [1.807, 2.05) is 30.3 Å². The number of benzene rings is 1.